The van der Waals surface area contributed by atoms with Gasteiger partial charge < -0.3 is 25.7 Å². The summed E-state index contributed by atoms with van der Waals surface area (Å²) in [6.07, 6.45) is 1.76. The van der Waals surface area contributed by atoms with Crippen molar-refractivity contribution in [1.29, 1.82) is 0 Å². The second-order valence-corrected chi connectivity index (χ2v) is 10.8. The summed E-state index contributed by atoms with van der Waals surface area (Å²) in [6, 6.07) is 22.3. The van der Waals surface area contributed by atoms with Crippen molar-refractivity contribution in [3.63, 3.8) is 0 Å². The van der Waals surface area contributed by atoms with Gasteiger partial charge in [-0.15, -0.1) is 0 Å². The first-order valence-corrected chi connectivity index (χ1v) is 13.3. The molecule has 0 saturated carbocycles. The lowest BCUT2D eigenvalue weighted by Crippen LogP contribution is -2.54. The SMILES string of the molecule is CC(C)(C)OC(=O)N[C@@H](Cc1c[nH]c2ccccc12)[C@H]1CN(C(=O)Nc2ccccc2)C(=O)c2ccccc2N1. The molecule has 0 bridgehead atoms. The highest BCUT2D eigenvalue weighted by molar-refractivity contribution is 6.11. The molecule has 9 heteroatoms. The zero-order valence-corrected chi connectivity index (χ0v) is 22.7. The number of hydrogen-bond acceptors (Lipinski definition) is 5. The van der Waals surface area contributed by atoms with Gasteiger partial charge in [-0.3, -0.25) is 9.69 Å². The average molecular weight is 540 g/mol. The number of ether oxygens (including phenoxy) is 1. The van der Waals surface area contributed by atoms with Gasteiger partial charge in [0.1, 0.15) is 5.60 Å². The molecule has 2 atom stereocenters. The number of fused-ring (bicyclic) bond motifs is 2. The first-order chi connectivity index (χ1) is 19.2. The maximum absolute atomic E-state index is 13.6. The average Bonchev–Trinajstić information content (AvgIpc) is 3.25. The summed E-state index contributed by atoms with van der Waals surface area (Å²) < 4.78 is 5.60. The first-order valence-electron chi connectivity index (χ1n) is 13.3. The number of H-pyrrole nitrogens is 1. The second-order valence-electron chi connectivity index (χ2n) is 10.8. The van der Waals surface area contributed by atoms with Crippen LogP contribution in [-0.2, 0) is 11.2 Å². The van der Waals surface area contributed by atoms with Crippen molar-refractivity contribution in [2.75, 3.05) is 17.2 Å². The lowest BCUT2D eigenvalue weighted by atomic mass is 9.98. The van der Waals surface area contributed by atoms with Crippen molar-refractivity contribution in [2.45, 2.75) is 44.9 Å². The van der Waals surface area contributed by atoms with E-state index in [0.717, 1.165) is 16.5 Å². The fourth-order valence-corrected chi connectivity index (χ4v) is 4.87. The molecule has 3 aromatic carbocycles. The molecule has 0 fully saturated rings. The number of anilines is 2. The van der Waals surface area contributed by atoms with Crippen molar-refractivity contribution in [1.82, 2.24) is 15.2 Å². The zero-order chi connectivity index (χ0) is 28.3. The summed E-state index contributed by atoms with van der Waals surface area (Å²) in [5, 5.41) is 10.3. The molecular formula is C31H33N5O4. The number of nitrogens with one attached hydrogen (secondary N) is 4. The van der Waals surface area contributed by atoms with Crippen LogP contribution in [0, 0.1) is 0 Å². The van der Waals surface area contributed by atoms with Gasteiger partial charge in [-0.1, -0.05) is 48.5 Å². The predicted octanol–water partition coefficient (Wildman–Crippen LogP) is 5.77. The van der Waals surface area contributed by atoms with Crippen LogP contribution in [0.4, 0.5) is 21.0 Å². The van der Waals surface area contributed by atoms with Gasteiger partial charge in [0.2, 0.25) is 0 Å². The molecule has 0 aliphatic carbocycles. The quantitative estimate of drug-likeness (QED) is 0.257. The fourth-order valence-electron chi connectivity index (χ4n) is 4.87. The molecular weight excluding hydrogens is 506 g/mol. The van der Waals surface area contributed by atoms with Crippen molar-refractivity contribution < 1.29 is 19.1 Å². The van der Waals surface area contributed by atoms with Crippen LogP contribution in [-0.4, -0.2) is 52.1 Å². The van der Waals surface area contributed by atoms with E-state index in [1.54, 1.807) is 51.1 Å². The van der Waals surface area contributed by atoms with Gasteiger partial charge in [-0.2, -0.15) is 0 Å². The number of carbonyl (C=O) groups is 3. The Labute approximate surface area is 232 Å². The minimum atomic E-state index is -0.698. The number of urea groups is 1. The molecule has 1 aliphatic rings. The molecule has 1 aliphatic heterocycles. The lowest BCUT2D eigenvalue weighted by Gasteiger charge is -2.32. The number of rotatable bonds is 5. The molecule has 2 heterocycles. The molecule has 0 saturated heterocycles. The van der Waals surface area contributed by atoms with E-state index < -0.39 is 35.7 Å². The summed E-state index contributed by atoms with van der Waals surface area (Å²) in [7, 11) is 0. The summed E-state index contributed by atoms with van der Waals surface area (Å²) in [5.41, 5.74) is 2.80. The Morgan fingerprint density at radius 1 is 1.00 bits per heavy atom. The topological polar surface area (TPSA) is 116 Å². The molecule has 0 unspecified atom stereocenters. The van der Waals surface area contributed by atoms with Gasteiger partial charge in [-0.05, 0) is 63.1 Å². The molecule has 1 aromatic heterocycles. The Balaban J connectivity index is 1.50. The van der Waals surface area contributed by atoms with Crippen molar-refractivity contribution in [3.05, 3.63) is 96.2 Å². The third-order valence-electron chi connectivity index (χ3n) is 6.70. The van der Waals surface area contributed by atoms with Crippen molar-refractivity contribution in [3.8, 4) is 0 Å². The number of hydrogen-bond donors (Lipinski definition) is 4. The maximum atomic E-state index is 13.6. The Bertz CT molecular complexity index is 1530. The minimum absolute atomic E-state index is 0.00893. The Morgan fingerprint density at radius 3 is 2.48 bits per heavy atom. The van der Waals surface area contributed by atoms with Crippen LogP contribution >= 0.6 is 0 Å². The number of amides is 4. The maximum Gasteiger partial charge on any atom is 0.407 e. The Morgan fingerprint density at radius 2 is 1.70 bits per heavy atom. The number of aromatic amines is 1. The highest BCUT2D eigenvalue weighted by Crippen LogP contribution is 2.27. The molecule has 5 rings (SSSR count). The van der Waals surface area contributed by atoms with E-state index in [9.17, 15) is 14.4 Å². The molecule has 4 N–H and O–H groups in total. The molecule has 4 amide bonds. The van der Waals surface area contributed by atoms with Gasteiger partial charge in [0, 0.05) is 28.5 Å². The molecule has 206 valence electrons. The van der Waals surface area contributed by atoms with Crippen LogP contribution in [0.5, 0.6) is 0 Å². The van der Waals surface area contributed by atoms with Crippen LogP contribution in [0.1, 0.15) is 36.7 Å². The summed E-state index contributed by atoms with van der Waals surface area (Å²) in [4.78, 5) is 44.6. The molecule has 0 spiro atoms. The zero-order valence-electron chi connectivity index (χ0n) is 22.7. The van der Waals surface area contributed by atoms with E-state index in [4.69, 9.17) is 4.74 Å². The predicted molar refractivity (Wildman–Crippen MR) is 156 cm³/mol. The number of carbonyl (C=O) groups excluding carboxylic acids is 3. The van der Waals surface area contributed by atoms with Gasteiger partial charge in [0.15, 0.2) is 0 Å². The largest absolute Gasteiger partial charge is 0.444 e. The van der Waals surface area contributed by atoms with E-state index in [1.165, 1.54) is 4.90 Å². The number of aromatic nitrogens is 1. The lowest BCUT2D eigenvalue weighted by molar-refractivity contribution is 0.0497. The number of alkyl carbamates (subject to hydrolysis) is 1. The normalized spacial score (nSPS) is 15.9. The molecule has 0 radical (unpaired) electrons. The monoisotopic (exact) mass is 539 g/mol. The van der Waals surface area contributed by atoms with Crippen molar-refractivity contribution in [2.24, 2.45) is 0 Å². The number of para-hydroxylation sites is 3. The van der Waals surface area contributed by atoms with Gasteiger partial charge >= 0.3 is 12.1 Å². The fraction of sp³-hybridized carbons (Fsp3) is 0.258. The highest BCUT2D eigenvalue weighted by Gasteiger charge is 2.36. The van der Waals surface area contributed by atoms with Gasteiger partial charge in [0.25, 0.3) is 5.91 Å². The van der Waals surface area contributed by atoms with E-state index in [1.807, 2.05) is 54.7 Å². The molecule has 40 heavy (non-hydrogen) atoms. The second kappa shape index (κ2) is 11.1. The first kappa shape index (κ1) is 26.8. The highest BCUT2D eigenvalue weighted by atomic mass is 16.6. The number of benzene rings is 3. The van der Waals surface area contributed by atoms with Crippen LogP contribution < -0.4 is 16.0 Å². The third-order valence-corrected chi connectivity index (χ3v) is 6.70. The van der Waals surface area contributed by atoms with E-state index in [2.05, 4.69) is 20.9 Å². The third kappa shape index (κ3) is 6.09. The van der Waals surface area contributed by atoms with E-state index in [-0.39, 0.29) is 6.54 Å². The van der Waals surface area contributed by atoms with Gasteiger partial charge in [-0.25, -0.2) is 9.59 Å². The van der Waals surface area contributed by atoms with Crippen LogP contribution in [0.2, 0.25) is 0 Å². The van der Waals surface area contributed by atoms with E-state index >= 15 is 0 Å². The number of imide groups is 1. The summed E-state index contributed by atoms with van der Waals surface area (Å²) in [5.74, 6) is -0.429. The van der Waals surface area contributed by atoms with Gasteiger partial charge in [0.05, 0.1) is 24.2 Å². The van der Waals surface area contributed by atoms with E-state index in [0.29, 0.717) is 23.4 Å². The smallest absolute Gasteiger partial charge is 0.407 e. The van der Waals surface area contributed by atoms with Crippen LogP contribution in [0.25, 0.3) is 10.9 Å². The van der Waals surface area contributed by atoms with Crippen molar-refractivity contribution >= 4 is 40.3 Å². The number of nitrogens with zero attached hydrogens (tertiary/aromatic N) is 1. The molecule has 9 nitrogen and oxygen atoms in total. The van der Waals surface area contributed by atoms with Crippen LogP contribution in [0.3, 0.4) is 0 Å². The summed E-state index contributed by atoms with van der Waals surface area (Å²) in [6.45, 7) is 5.41. The molecule has 4 aromatic rings. The minimum Gasteiger partial charge on any atom is -0.444 e. The Kier molecular flexibility index (Phi) is 7.46. The standard InChI is InChI=1S/C31H33N5O4/c1-31(2,3)40-30(39)35-26(17-20-18-32-24-15-9-7-13-22(20)24)27-19-36(29(38)33-21-11-5-4-6-12-21)28(37)23-14-8-10-16-25(23)34-27/h4-16,18,26-27,32,34H,17,19H2,1-3H3,(H,33,38)(H,35,39)/t26-,27+/m0/s1. The summed E-state index contributed by atoms with van der Waals surface area (Å²) >= 11 is 0. The van der Waals surface area contributed by atoms with Crippen LogP contribution in [0.15, 0.2) is 85.1 Å². The Hall–Kier alpha value is -4.79.